The highest BCUT2D eigenvalue weighted by atomic mass is 35.5. The number of anilines is 1. The minimum Gasteiger partial charge on any atom is -0.467 e. The summed E-state index contributed by atoms with van der Waals surface area (Å²) in [5, 5.41) is 14.6. The lowest BCUT2D eigenvalue weighted by Crippen LogP contribution is -2.45. The molecule has 0 aliphatic carbocycles. The summed E-state index contributed by atoms with van der Waals surface area (Å²) in [5.41, 5.74) is 0.941. The molecule has 7 heteroatoms. The van der Waals surface area contributed by atoms with Gasteiger partial charge in [-0.2, -0.15) is 5.26 Å². The van der Waals surface area contributed by atoms with Crippen molar-refractivity contribution in [1.29, 1.82) is 5.26 Å². The molecule has 0 spiro atoms. The van der Waals surface area contributed by atoms with Crippen LogP contribution in [-0.2, 0) is 14.3 Å². The Labute approximate surface area is 121 Å². The SMILES string of the molecule is COC(=O)C(CNc1cc(C#N)ccc1Cl)NC(C)=O. The first-order chi connectivity index (χ1) is 9.47. The number of hydrogen-bond acceptors (Lipinski definition) is 5. The fraction of sp³-hybridized carbons (Fsp3) is 0.308. The molecule has 0 saturated carbocycles. The lowest BCUT2D eigenvalue weighted by Gasteiger charge is -2.17. The van der Waals surface area contributed by atoms with Crippen molar-refractivity contribution >= 4 is 29.2 Å². The minimum atomic E-state index is -0.834. The van der Waals surface area contributed by atoms with Crippen LogP contribution < -0.4 is 10.6 Å². The zero-order chi connectivity index (χ0) is 15.1. The van der Waals surface area contributed by atoms with Gasteiger partial charge in [-0.05, 0) is 18.2 Å². The summed E-state index contributed by atoms with van der Waals surface area (Å²) >= 11 is 5.98. The maximum atomic E-state index is 11.5. The molecule has 0 saturated heterocycles. The normalized spacial score (nSPS) is 11.1. The van der Waals surface area contributed by atoms with Crippen LogP contribution >= 0.6 is 11.6 Å². The van der Waals surface area contributed by atoms with Crippen LogP contribution in [0.1, 0.15) is 12.5 Å². The Morgan fingerprint density at radius 3 is 2.75 bits per heavy atom. The molecule has 0 radical (unpaired) electrons. The maximum Gasteiger partial charge on any atom is 0.330 e. The summed E-state index contributed by atoms with van der Waals surface area (Å²) in [6.07, 6.45) is 0. The van der Waals surface area contributed by atoms with Crippen LogP contribution in [0, 0.1) is 11.3 Å². The molecule has 0 aromatic heterocycles. The molecule has 0 aliphatic rings. The lowest BCUT2D eigenvalue weighted by molar-refractivity contribution is -0.144. The predicted molar refractivity (Wildman–Crippen MR) is 74.3 cm³/mol. The van der Waals surface area contributed by atoms with Crippen molar-refractivity contribution in [3.63, 3.8) is 0 Å². The van der Waals surface area contributed by atoms with Crippen molar-refractivity contribution in [2.24, 2.45) is 0 Å². The molecule has 0 bridgehead atoms. The third-order valence-electron chi connectivity index (χ3n) is 2.46. The summed E-state index contributed by atoms with van der Waals surface area (Å²) in [4.78, 5) is 22.6. The van der Waals surface area contributed by atoms with Gasteiger partial charge in [-0.3, -0.25) is 4.79 Å². The molecule has 1 aromatic carbocycles. The van der Waals surface area contributed by atoms with E-state index < -0.39 is 12.0 Å². The average Bonchev–Trinajstić information content (AvgIpc) is 2.43. The summed E-state index contributed by atoms with van der Waals surface area (Å²) in [5.74, 6) is -0.917. The molecule has 1 unspecified atom stereocenters. The van der Waals surface area contributed by atoms with Gasteiger partial charge < -0.3 is 15.4 Å². The molecule has 1 rings (SSSR count). The second-order valence-corrected chi connectivity index (χ2v) is 4.37. The molecule has 0 heterocycles. The minimum absolute atomic E-state index is 0.0981. The fourth-order valence-electron chi connectivity index (χ4n) is 1.52. The van der Waals surface area contributed by atoms with Crippen LogP contribution in [0.25, 0.3) is 0 Å². The zero-order valence-electron chi connectivity index (χ0n) is 11.1. The Morgan fingerprint density at radius 2 is 2.20 bits per heavy atom. The van der Waals surface area contributed by atoms with E-state index in [1.165, 1.54) is 14.0 Å². The van der Waals surface area contributed by atoms with Crippen LogP contribution in [0.15, 0.2) is 18.2 Å². The summed E-state index contributed by atoms with van der Waals surface area (Å²) < 4.78 is 4.60. The van der Waals surface area contributed by atoms with Gasteiger partial charge in [-0.25, -0.2) is 4.79 Å². The molecule has 0 aliphatic heterocycles. The predicted octanol–water partition coefficient (Wildman–Crippen LogP) is 1.30. The van der Waals surface area contributed by atoms with Gasteiger partial charge in [0, 0.05) is 13.5 Å². The van der Waals surface area contributed by atoms with Crippen molar-refractivity contribution in [3.05, 3.63) is 28.8 Å². The number of hydrogen-bond donors (Lipinski definition) is 2. The quantitative estimate of drug-likeness (QED) is 0.799. The number of benzene rings is 1. The molecule has 6 nitrogen and oxygen atoms in total. The maximum absolute atomic E-state index is 11.5. The van der Waals surface area contributed by atoms with Gasteiger partial charge in [-0.15, -0.1) is 0 Å². The number of nitrogens with zero attached hydrogens (tertiary/aromatic N) is 1. The topological polar surface area (TPSA) is 91.2 Å². The highest BCUT2D eigenvalue weighted by Crippen LogP contribution is 2.22. The summed E-state index contributed by atoms with van der Waals surface area (Å²) in [7, 11) is 1.24. The Balaban J connectivity index is 2.79. The Kier molecular flexibility index (Phi) is 5.81. The van der Waals surface area contributed by atoms with E-state index in [0.717, 1.165) is 0 Å². The van der Waals surface area contributed by atoms with E-state index >= 15 is 0 Å². The fourth-order valence-corrected chi connectivity index (χ4v) is 1.71. The second-order valence-electron chi connectivity index (χ2n) is 3.96. The number of ether oxygens (including phenoxy) is 1. The first-order valence-electron chi connectivity index (χ1n) is 5.76. The highest BCUT2D eigenvalue weighted by molar-refractivity contribution is 6.33. The highest BCUT2D eigenvalue weighted by Gasteiger charge is 2.20. The van der Waals surface area contributed by atoms with Crippen LogP contribution in [-0.4, -0.2) is 31.6 Å². The van der Waals surface area contributed by atoms with E-state index in [4.69, 9.17) is 16.9 Å². The lowest BCUT2D eigenvalue weighted by atomic mass is 10.2. The van der Waals surface area contributed by atoms with Crippen LogP contribution in [0.3, 0.4) is 0 Å². The van der Waals surface area contributed by atoms with Gasteiger partial charge in [0.15, 0.2) is 0 Å². The van der Waals surface area contributed by atoms with Gasteiger partial charge in [0.2, 0.25) is 5.91 Å². The summed E-state index contributed by atoms with van der Waals surface area (Å²) in [6.45, 7) is 1.40. The summed E-state index contributed by atoms with van der Waals surface area (Å²) in [6, 6.07) is 5.87. The number of nitriles is 1. The Hall–Kier alpha value is -2.26. The largest absolute Gasteiger partial charge is 0.467 e. The van der Waals surface area contributed by atoms with Crippen molar-refractivity contribution in [1.82, 2.24) is 5.32 Å². The zero-order valence-corrected chi connectivity index (χ0v) is 11.8. The first-order valence-corrected chi connectivity index (χ1v) is 6.14. The van der Waals surface area contributed by atoms with Crippen LogP contribution in [0.5, 0.6) is 0 Å². The van der Waals surface area contributed by atoms with Gasteiger partial charge in [0.1, 0.15) is 6.04 Å². The van der Waals surface area contributed by atoms with Crippen molar-refractivity contribution in [2.75, 3.05) is 19.0 Å². The molecule has 1 aromatic rings. The number of carbonyl (C=O) groups is 2. The standard InChI is InChI=1S/C13H14ClN3O3/c1-8(18)17-12(13(19)20-2)7-16-11-5-9(6-15)3-4-10(11)14/h3-5,12,16H,7H2,1-2H3,(H,17,18). The number of nitrogens with one attached hydrogen (secondary N) is 2. The third-order valence-corrected chi connectivity index (χ3v) is 2.78. The molecule has 1 amide bonds. The second kappa shape index (κ2) is 7.36. The molecule has 20 heavy (non-hydrogen) atoms. The first kappa shape index (κ1) is 15.8. The van der Waals surface area contributed by atoms with E-state index in [1.54, 1.807) is 18.2 Å². The number of carbonyl (C=O) groups excluding carboxylic acids is 2. The van der Waals surface area contributed by atoms with Gasteiger partial charge >= 0.3 is 5.97 Å². The Morgan fingerprint density at radius 1 is 1.50 bits per heavy atom. The molecular formula is C13H14ClN3O3. The molecular weight excluding hydrogens is 282 g/mol. The van der Waals surface area contributed by atoms with E-state index in [9.17, 15) is 9.59 Å². The average molecular weight is 296 g/mol. The van der Waals surface area contributed by atoms with Crippen molar-refractivity contribution in [2.45, 2.75) is 13.0 Å². The number of amides is 1. The van der Waals surface area contributed by atoms with Crippen molar-refractivity contribution in [3.8, 4) is 6.07 Å². The van der Waals surface area contributed by atoms with Gasteiger partial charge in [0.05, 0.1) is 29.5 Å². The Bertz CT molecular complexity index is 554. The van der Waals surface area contributed by atoms with Gasteiger partial charge in [-0.1, -0.05) is 11.6 Å². The smallest absolute Gasteiger partial charge is 0.330 e. The third kappa shape index (κ3) is 4.44. The van der Waals surface area contributed by atoms with E-state index in [-0.39, 0.29) is 12.5 Å². The van der Waals surface area contributed by atoms with E-state index in [2.05, 4.69) is 15.4 Å². The number of methoxy groups -OCH3 is 1. The number of rotatable bonds is 5. The molecule has 2 N–H and O–H groups in total. The van der Waals surface area contributed by atoms with Gasteiger partial charge in [0.25, 0.3) is 0 Å². The van der Waals surface area contributed by atoms with Crippen LogP contribution in [0.2, 0.25) is 5.02 Å². The van der Waals surface area contributed by atoms with Crippen LogP contribution in [0.4, 0.5) is 5.69 Å². The van der Waals surface area contributed by atoms with E-state index in [0.29, 0.717) is 16.3 Å². The van der Waals surface area contributed by atoms with Crippen molar-refractivity contribution < 1.29 is 14.3 Å². The monoisotopic (exact) mass is 295 g/mol. The number of esters is 1. The van der Waals surface area contributed by atoms with E-state index in [1.807, 2.05) is 6.07 Å². The molecule has 1 atom stereocenters. The number of halogens is 1. The molecule has 0 fully saturated rings. The molecule has 106 valence electrons.